The first-order valence-corrected chi connectivity index (χ1v) is 4.12. The monoisotopic (exact) mass is 163 g/mol. The summed E-state index contributed by atoms with van der Waals surface area (Å²) >= 11 is 0. The summed E-state index contributed by atoms with van der Waals surface area (Å²) in [6.45, 7) is 0. The maximum Gasteiger partial charge on any atom is 0.194 e. The summed E-state index contributed by atoms with van der Waals surface area (Å²) in [7, 11) is 0.0754. The molecule has 1 aromatic carbocycles. The summed E-state index contributed by atoms with van der Waals surface area (Å²) in [6.07, 6.45) is 1.76. The van der Waals surface area contributed by atoms with Crippen molar-refractivity contribution < 1.29 is 4.57 Å². The molecule has 0 aliphatic rings. The molecule has 2 aromatic rings. The van der Waals surface area contributed by atoms with E-state index in [1.807, 2.05) is 24.3 Å². The van der Waals surface area contributed by atoms with Crippen molar-refractivity contribution in [3.8, 4) is 0 Å². The molecule has 0 radical (unpaired) electrons. The minimum Gasteiger partial charge on any atom is -0.360 e. The van der Waals surface area contributed by atoms with Crippen LogP contribution in [-0.4, -0.2) is 4.98 Å². The van der Waals surface area contributed by atoms with E-state index in [4.69, 9.17) is 0 Å². The molecule has 1 aromatic heterocycles. The smallest absolute Gasteiger partial charge is 0.194 e. The molecule has 0 saturated heterocycles. The van der Waals surface area contributed by atoms with Gasteiger partial charge in [0.2, 0.25) is 0 Å². The molecule has 0 aliphatic carbocycles. The van der Waals surface area contributed by atoms with Gasteiger partial charge in [-0.2, -0.15) is 0 Å². The van der Waals surface area contributed by atoms with E-state index in [1.165, 1.54) is 0 Å². The molecule has 0 saturated carbocycles. The molecular weight excluding hydrogens is 157 g/mol. The van der Waals surface area contributed by atoms with Crippen LogP contribution >= 0.6 is 8.46 Å². The number of fused-ring (bicyclic) bond motifs is 1. The molecular formula is C8H6NOP. The number of hydrogen-bond donors (Lipinski definition) is 1. The standard InChI is InChI=1S/C8H6NOP/c10-11-8-5-9-7-4-2-1-3-6(7)8/h1-5,9H. The second-order valence-corrected chi connectivity index (χ2v) is 2.98. The van der Waals surface area contributed by atoms with E-state index in [-0.39, 0.29) is 8.46 Å². The number of benzene rings is 1. The van der Waals surface area contributed by atoms with E-state index in [0.717, 1.165) is 16.2 Å². The van der Waals surface area contributed by atoms with Gasteiger partial charge in [-0.05, 0) is 6.07 Å². The fourth-order valence-corrected chi connectivity index (χ4v) is 1.54. The van der Waals surface area contributed by atoms with Crippen LogP contribution in [0.1, 0.15) is 0 Å². The second-order valence-electron chi connectivity index (χ2n) is 2.31. The van der Waals surface area contributed by atoms with Crippen molar-refractivity contribution in [2.75, 3.05) is 0 Å². The molecule has 0 fully saturated rings. The van der Waals surface area contributed by atoms with Crippen molar-refractivity contribution in [1.82, 2.24) is 4.98 Å². The van der Waals surface area contributed by atoms with Crippen LogP contribution in [0.25, 0.3) is 10.9 Å². The summed E-state index contributed by atoms with van der Waals surface area (Å²) < 4.78 is 10.6. The fraction of sp³-hybridized carbons (Fsp3) is 0. The number of hydrogen-bond acceptors (Lipinski definition) is 1. The van der Waals surface area contributed by atoms with Crippen LogP contribution in [0, 0.1) is 0 Å². The molecule has 0 spiro atoms. The third-order valence-electron chi connectivity index (χ3n) is 1.67. The van der Waals surface area contributed by atoms with Crippen LogP contribution in [0.15, 0.2) is 30.5 Å². The third-order valence-corrected chi connectivity index (χ3v) is 2.23. The van der Waals surface area contributed by atoms with Crippen LogP contribution in [0.4, 0.5) is 0 Å². The Morgan fingerprint density at radius 1 is 1.27 bits per heavy atom. The van der Waals surface area contributed by atoms with E-state index in [2.05, 4.69) is 4.98 Å². The molecule has 11 heavy (non-hydrogen) atoms. The number of H-pyrrole nitrogens is 1. The molecule has 0 amide bonds. The second kappa shape index (κ2) is 2.48. The summed E-state index contributed by atoms with van der Waals surface area (Å²) in [6, 6.07) is 7.80. The van der Waals surface area contributed by atoms with Gasteiger partial charge in [0.25, 0.3) is 0 Å². The number of aromatic amines is 1. The van der Waals surface area contributed by atoms with Crippen molar-refractivity contribution >= 4 is 24.7 Å². The zero-order valence-corrected chi connectivity index (χ0v) is 6.64. The zero-order valence-electron chi connectivity index (χ0n) is 5.74. The number of para-hydroxylation sites is 1. The van der Waals surface area contributed by atoms with Gasteiger partial charge < -0.3 is 4.98 Å². The average molecular weight is 163 g/mol. The first kappa shape index (κ1) is 6.56. The molecule has 1 N–H and O–H groups in total. The van der Waals surface area contributed by atoms with Crippen LogP contribution < -0.4 is 5.30 Å². The first-order chi connectivity index (χ1) is 5.42. The Bertz CT molecular complexity index is 394. The minimum atomic E-state index is 0.0754. The Kier molecular flexibility index (Phi) is 1.48. The summed E-state index contributed by atoms with van der Waals surface area (Å²) in [5.74, 6) is 0. The molecule has 2 nitrogen and oxygen atoms in total. The summed E-state index contributed by atoms with van der Waals surface area (Å²) in [4.78, 5) is 3.03. The lowest BCUT2D eigenvalue weighted by Gasteiger charge is -1.85. The maximum absolute atomic E-state index is 10.6. The van der Waals surface area contributed by atoms with Crippen molar-refractivity contribution in [1.29, 1.82) is 0 Å². The highest BCUT2D eigenvalue weighted by molar-refractivity contribution is 7.34. The van der Waals surface area contributed by atoms with Crippen LogP contribution in [0.5, 0.6) is 0 Å². The van der Waals surface area contributed by atoms with Gasteiger partial charge in [-0.3, -0.25) is 4.57 Å². The van der Waals surface area contributed by atoms with Crippen LogP contribution in [0.2, 0.25) is 0 Å². The molecule has 54 valence electrons. The molecule has 0 aliphatic heterocycles. The lowest BCUT2D eigenvalue weighted by atomic mass is 10.2. The highest BCUT2D eigenvalue weighted by Gasteiger charge is 1.99. The van der Waals surface area contributed by atoms with Gasteiger partial charge in [-0.25, -0.2) is 0 Å². The lowest BCUT2D eigenvalue weighted by molar-refractivity contribution is 0.603. The normalized spacial score (nSPS) is 10.9. The quantitative estimate of drug-likeness (QED) is 0.641. The molecule has 1 heterocycles. The van der Waals surface area contributed by atoms with Gasteiger partial charge in [0, 0.05) is 17.1 Å². The molecule has 2 rings (SSSR count). The molecule has 0 bridgehead atoms. The average Bonchev–Trinajstić information content (AvgIpc) is 2.47. The number of rotatable bonds is 1. The Hall–Kier alpha value is -1.14. The largest absolute Gasteiger partial charge is 0.360 e. The Morgan fingerprint density at radius 2 is 2.09 bits per heavy atom. The van der Waals surface area contributed by atoms with Gasteiger partial charge in [0.05, 0.1) is 5.30 Å². The Labute approximate surface area is 65.4 Å². The Morgan fingerprint density at radius 3 is 2.91 bits per heavy atom. The van der Waals surface area contributed by atoms with E-state index in [1.54, 1.807) is 6.20 Å². The summed E-state index contributed by atoms with van der Waals surface area (Å²) in [5, 5.41) is 1.85. The Balaban J connectivity index is 2.86. The zero-order chi connectivity index (χ0) is 7.68. The van der Waals surface area contributed by atoms with Gasteiger partial charge in [-0.15, -0.1) is 0 Å². The topological polar surface area (TPSA) is 32.9 Å². The number of aromatic nitrogens is 1. The van der Waals surface area contributed by atoms with Gasteiger partial charge in [0.1, 0.15) is 0 Å². The van der Waals surface area contributed by atoms with Gasteiger partial charge in [0.15, 0.2) is 8.46 Å². The number of nitrogens with one attached hydrogen (secondary N) is 1. The first-order valence-electron chi connectivity index (χ1n) is 3.31. The fourth-order valence-electron chi connectivity index (χ4n) is 1.13. The SMILES string of the molecule is O=Pc1c[nH]c2ccccc12. The van der Waals surface area contributed by atoms with Gasteiger partial charge >= 0.3 is 0 Å². The van der Waals surface area contributed by atoms with E-state index < -0.39 is 0 Å². The van der Waals surface area contributed by atoms with Crippen molar-refractivity contribution in [2.24, 2.45) is 0 Å². The third kappa shape index (κ3) is 0.958. The van der Waals surface area contributed by atoms with Crippen molar-refractivity contribution in [3.05, 3.63) is 30.5 Å². The van der Waals surface area contributed by atoms with Gasteiger partial charge in [-0.1, -0.05) is 18.2 Å². The molecule has 0 atom stereocenters. The van der Waals surface area contributed by atoms with Crippen molar-refractivity contribution in [3.63, 3.8) is 0 Å². The maximum atomic E-state index is 10.6. The van der Waals surface area contributed by atoms with E-state index in [0.29, 0.717) is 0 Å². The van der Waals surface area contributed by atoms with E-state index in [9.17, 15) is 4.57 Å². The predicted octanol–water partition coefficient (Wildman–Crippen LogP) is 2.08. The highest BCUT2D eigenvalue weighted by atomic mass is 31.1. The van der Waals surface area contributed by atoms with Crippen LogP contribution in [0.3, 0.4) is 0 Å². The van der Waals surface area contributed by atoms with E-state index >= 15 is 0 Å². The van der Waals surface area contributed by atoms with Crippen LogP contribution in [-0.2, 0) is 4.57 Å². The molecule has 3 heteroatoms. The lowest BCUT2D eigenvalue weighted by Crippen LogP contribution is -1.83. The van der Waals surface area contributed by atoms with Crippen molar-refractivity contribution in [2.45, 2.75) is 0 Å². The highest BCUT2D eigenvalue weighted by Crippen LogP contribution is 2.12. The predicted molar refractivity (Wildman–Crippen MR) is 45.5 cm³/mol. The molecule has 0 unspecified atom stereocenters. The summed E-state index contributed by atoms with van der Waals surface area (Å²) in [5.41, 5.74) is 1.03. The minimum absolute atomic E-state index is 0.0754.